The second kappa shape index (κ2) is 5.32. The summed E-state index contributed by atoms with van der Waals surface area (Å²) in [7, 11) is 0. The highest BCUT2D eigenvalue weighted by atomic mass is 127. The molecule has 0 aromatic heterocycles. The van der Waals surface area contributed by atoms with Crippen molar-refractivity contribution in [2.45, 2.75) is 26.2 Å². The summed E-state index contributed by atoms with van der Waals surface area (Å²) in [6.07, 6.45) is 3.03. The lowest BCUT2D eigenvalue weighted by Crippen LogP contribution is -1.88. The Morgan fingerprint density at radius 3 is 2.54 bits per heavy atom. The zero-order chi connectivity index (χ0) is 9.68. The van der Waals surface area contributed by atoms with Crippen LogP contribution in [0.3, 0.4) is 0 Å². The molecule has 0 spiro atoms. The Balaban J connectivity index is 2.91. The van der Waals surface area contributed by atoms with Crippen LogP contribution in [-0.4, -0.2) is 0 Å². The quantitative estimate of drug-likeness (QED) is 0.797. The first-order valence-electron chi connectivity index (χ1n) is 4.39. The van der Waals surface area contributed by atoms with Gasteiger partial charge in [-0.2, -0.15) is 0 Å². The Morgan fingerprint density at radius 2 is 1.92 bits per heavy atom. The van der Waals surface area contributed by atoms with Crippen molar-refractivity contribution >= 4 is 19.8 Å². The summed E-state index contributed by atoms with van der Waals surface area (Å²) in [5, 5.41) is 0. The van der Waals surface area contributed by atoms with E-state index in [1.54, 1.807) is 12.1 Å². The topological polar surface area (TPSA) is 34.1 Å². The number of halogens is 1. The van der Waals surface area contributed by atoms with Crippen LogP contribution in [0.25, 0.3) is 0 Å². The lowest BCUT2D eigenvalue weighted by molar-refractivity contribution is 0.610. The summed E-state index contributed by atoms with van der Waals surface area (Å²) in [5.74, 6) is 0. The molecule has 0 aliphatic heterocycles. The smallest absolute Gasteiger partial charge is 0.230 e. The molecule has 2 nitrogen and oxygen atoms in total. The fourth-order valence-corrected chi connectivity index (χ4v) is 2.74. The van der Waals surface area contributed by atoms with Gasteiger partial charge in [0, 0.05) is 0 Å². The number of benzene rings is 1. The van der Waals surface area contributed by atoms with Crippen LogP contribution >= 0.6 is 19.8 Å². The molecular formula is C10H13IO2. The van der Waals surface area contributed by atoms with Gasteiger partial charge < -0.3 is 0 Å². The Morgan fingerprint density at radius 1 is 1.23 bits per heavy atom. The summed E-state index contributed by atoms with van der Waals surface area (Å²) < 4.78 is 22.4. The predicted octanol–water partition coefficient (Wildman–Crippen LogP) is 3.40. The van der Waals surface area contributed by atoms with Crippen LogP contribution in [0.5, 0.6) is 0 Å². The maximum absolute atomic E-state index is 10.9. The second-order valence-corrected chi connectivity index (χ2v) is 5.31. The molecule has 1 rings (SSSR count). The van der Waals surface area contributed by atoms with E-state index in [0.29, 0.717) is 3.57 Å². The zero-order valence-corrected chi connectivity index (χ0v) is 9.78. The van der Waals surface area contributed by atoms with Gasteiger partial charge in [-0.15, -0.1) is 0 Å². The number of aryl methyl sites for hydroxylation is 1. The number of rotatable bonds is 4. The highest BCUT2D eigenvalue weighted by molar-refractivity contribution is 14.2. The van der Waals surface area contributed by atoms with Crippen LogP contribution in [-0.2, 0) is 12.6 Å². The van der Waals surface area contributed by atoms with Crippen molar-refractivity contribution in [1.29, 1.82) is 0 Å². The summed E-state index contributed by atoms with van der Waals surface area (Å²) in [6.45, 7) is 2.10. The molecule has 1 aromatic rings. The first kappa shape index (κ1) is 10.6. The van der Waals surface area contributed by atoms with Gasteiger partial charge in [-0.3, -0.25) is 0 Å². The Kier molecular flexibility index (Phi) is 4.35. The average molecular weight is 292 g/mol. The number of unbranched alkanes of at least 4 members (excludes halogenated alkanes) is 1. The SMILES string of the molecule is CCCCc1ccccc1I(=O)=O. The normalized spacial score (nSPS) is 10.6. The molecule has 0 saturated heterocycles. The molecule has 0 aliphatic rings. The molecule has 3 heteroatoms. The number of hydrogen-bond donors (Lipinski definition) is 0. The van der Waals surface area contributed by atoms with Gasteiger partial charge in [-0.25, -0.2) is 6.14 Å². The van der Waals surface area contributed by atoms with E-state index >= 15 is 0 Å². The molecule has 13 heavy (non-hydrogen) atoms. The van der Waals surface area contributed by atoms with E-state index in [4.69, 9.17) is 0 Å². The van der Waals surface area contributed by atoms with Gasteiger partial charge >= 0.3 is 19.8 Å². The molecule has 0 fully saturated rings. The van der Waals surface area contributed by atoms with Crippen molar-refractivity contribution in [3.8, 4) is 0 Å². The van der Waals surface area contributed by atoms with E-state index in [2.05, 4.69) is 6.92 Å². The van der Waals surface area contributed by atoms with Gasteiger partial charge in [0.25, 0.3) is 0 Å². The van der Waals surface area contributed by atoms with Crippen molar-refractivity contribution in [3.05, 3.63) is 33.4 Å². The highest BCUT2D eigenvalue weighted by Gasteiger charge is 2.04. The van der Waals surface area contributed by atoms with Gasteiger partial charge in [-0.1, -0.05) is 31.5 Å². The third kappa shape index (κ3) is 3.06. The third-order valence-corrected chi connectivity index (χ3v) is 3.93. The molecule has 0 N–H and O–H groups in total. The van der Waals surface area contributed by atoms with E-state index < -0.39 is 19.8 Å². The fraction of sp³-hybridized carbons (Fsp3) is 0.400. The maximum atomic E-state index is 10.9. The van der Waals surface area contributed by atoms with Crippen LogP contribution in [0.2, 0.25) is 0 Å². The molecular weight excluding hydrogens is 279 g/mol. The van der Waals surface area contributed by atoms with Gasteiger partial charge in [0.15, 0.2) is 0 Å². The molecule has 0 atom stereocenters. The van der Waals surface area contributed by atoms with Crippen molar-refractivity contribution in [2.24, 2.45) is 0 Å². The summed E-state index contributed by atoms with van der Waals surface area (Å²) in [6, 6.07) is 7.29. The van der Waals surface area contributed by atoms with Crippen LogP contribution in [0.4, 0.5) is 0 Å². The summed E-state index contributed by atoms with van der Waals surface area (Å²) >= 11 is -3.27. The molecule has 0 aliphatic carbocycles. The van der Waals surface area contributed by atoms with Gasteiger partial charge in [0.1, 0.15) is 0 Å². The molecule has 0 bridgehead atoms. The van der Waals surface area contributed by atoms with Gasteiger partial charge in [0.05, 0.1) is 3.57 Å². The Bertz CT molecular complexity index is 335. The first-order valence-corrected chi connectivity index (χ1v) is 7.23. The van der Waals surface area contributed by atoms with E-state index in [-0.39, 0.29) is 0 Å². The first-order chi connectivity index (χ1) is 6.25. The summed E-state index contributed by atoms with van der Waals surface area (Å²) in [5.41, 5.74) is 0.986. The van der Waals surface area contributed by atoms with Crippen LogP contribution in [0.15, 0.2) is 24.3 Å². The average Bonchev–Trinajstić information content (AvgIpc) is 2.15. The monoisotopic (exact) mass is 292 g/mol. The fourth-order valence-electron chi connectivity index (χ4n) is 1.22. The van der Waals surface area contributed by atoms with Crippen molar-refractivity contribution in [3.63, 3.8) is 0 Å². The van der Waals surface area contributed by atoms with Crippen molar-refractivity contribution < 1.29 is 6.14 Å². The highest BCUT2D eigenvalue weighted by Crippen LogP contribution is 2.22. The minimum atomic E-state index is -3.27. The van der Waals surface area contributed by atoms with Crippen molar-refractivity contribution in [1.82, 2.24) is 0 Å². The number of hydrogen-bond acceptors (Lipinski definition) is 2. The van der Waals surface area contributed by atoms with E-state index in [1.165, 1.54) is 0 Å². The van der Waals surface area contributed by atoms with E-state index in [0.717, 1.165) is 24.8 Å². The Hall–Kier alpha value is -0.450. The lowest BCUT2D eigenvalue weighted by Gasteiger charge is -2.00. The van der Waals surface area contributed by atoms with Crippen LogP contribution < -0.4 is 0 Å². The predicted molar refractivity (Wildman–Crippen MR) is 59.1 cm³/mol. The lowest BCUT2D eigenvalue weighted by atomic mass is 10.1. The standard InChI is InChI=1S/C10H13IO2/c1-2-3-6-9-7-4-5-8-10(9)11(12)13/h4-5,7-8H,2-3,6H2,1H3. The molecule has 0 amide bonds. The molecule has 0 radical (unpaired) electrons. The van der Waals surface area contributed by atoms with E-state index in [9.17, 15) is 6.14 Å². The minimum Gasteiger partial charge on any atom is -0.230 e. The Labute approximate surface area is 85.5 Å². The van der Waals surface area contributed by atoms with Crippen LogP contribution in [0.1, 0.15) is 25.3 Å². The molecule has 0 heterocycles. The second-order valence-electron chi connectivity index (χ2n) is 2.91. The summed E-state index contributed by atoms with van der Waals surface area (Å²) in [4.78, 5) is 0. The van der Waals surface area contributed by atoms with Gasteiger partial charge in [-0.05, 0) is 24.5 Å². The largest absolute Gasteiger partial charge is 0.341 e. The molecule has 72 valence electrons. The van der Waals surface area contributed by atoms with Crippen molar-refractivity contribution in [2.75, 3.05) is 0 Å². The van der Waals surface area contributed by atoms with E-state index in [1.807, 2.05) is 12.1 Å². The minimum absolute atomic E-state index is 0.570. The molecule has 1 aromatic carbocycles. The third-order valence-electron chi connectivity index (χ3n) is 1.92. The zero-order valence-electron chi connectivity index (χ0n) is 7.63. The van der Waals surface area contributed by atoms with Gasteiger partial charge in [0.2, 0.25) is 0 Å². The van der Waals surface area contributed by atoms with Crippen LogP contribution in [0, 0.1) is 3.57 Å². The molecule has 0 saturated carbocycles. The maximum Gasteiger partial charge on any atom is 0.341 e. The molecule has 0 unspecified atom stereocenters.